The number of hydrogen-bond donors (Lipinski definition) is 1. The predicted octanol–water partition coefficient (Wildman–Crippen LogP) is 2.97. The molecule has 2 aromatic rings. The lowest BCUT2D eigenvalue weighted by Gasteiger charge is -1.96. The molecule has 0 radical (unpaired) electrons. The Morgan fingerprint density at radius 2 is 2.29 bits per heavy atom. The van der Waals surface area contributed by atoms with E-state index in [1.807, 2.05) is 18.2 Å². The van der Waals surface area contributed by atoms with Crippen molar-refractivity contribution in [1.82, 2.24) is 0 Å². The molecule has 0 saturated carbocycles. The normalized spacial score (nSPS) is 10.7. The second-order valence-electron chi connectivity index (χ2n) is 2.85. The summed E-state index contributed by atoms with van der Waals surface area (Å²) in [6.45, 7) is 0.00257. The lowest BCUT2D eigenvalue weighted by molar-refractivity contribution is 0.112. The van der Waals surface area contributed by atoms with Gasteiger partial charge in [0.2, 0.25) is 0 Å². The van der Waals surface area contributed by atoms with Gasteiger partial charge in [0.25, 0.3) is 0 Å². The van der Waals surface area contributed by atoms with E-state index in [1.165, 1.54) is 11.3 Å². The average Bonchev–Trinajstić information content (AvgIpc) is 2.55. The molecule has 0 aliphatic carbocycles. The van der Waals surface area contributed by atoms with Gasteiger partial charge < -0.3 is 5.11 Å². The Morgan fingerprint density at radius 3 is 2.93 bits per heavy atom. The molecule has 2 nitrogen and oxygen atoms in total. The first-order valence-electron chi connectivity index (χ1n) is 4.04. The van der Waals surface area contributed by atoms with E-state index in [1.54, 1.807) is 0 Å². The third kappa shape index (κ3) is 1.39. The molecule has 0 aliphatic rings. The van der Waals surface area contributed by atoms with Gasteiger partial charge in [-0.1, -0.05) is 18.2 Å². The minimum absolute atomic E-state index is 0.00257. The maximum Gasteiger partial charge on any atom is 0.161 e. The molecule has 0 unspecified atom stereocenters. The molecular weight excluding hydrogens is 264 g/mol. The summed E-state index contributed by atoms with van der Waals surface area (Å²) >= 11 is 4.77. The van der Waals surface area contributed by atoms with Crippen molar-refractivity contribution in [3.8, 4) is 0 Å². The third-order valence-electron chi connectivity index (χ3n) is 2.04. The fourth-order valence-electron chi connectivity index (χ4n) is 1.37. The van der Waals surface area contributed by atoms with Gasteiger partial charge in [-0.2, -0.15) is 0 Å². The molecule has 14 heavy (non-hydrogen) atoms. The highest BCUT2D eigenvalue weighted by molar-refractivity contribution is 9.10. The summed E-state index contributed by atoms with van der Waals surface area (Å²) in [4.78, 5) is 11.4. The van der Waals surface area contributed by atoms with E-state index in [0.29, 0.717) is 4.88 Å². The van der Waals surface area contributed by atoms with Gasteiger partial charge in [-0.3, -0.25) is 4.79 Å². The topological polar surface area (TPSA) is 37.3 Å². The summed E-state index contributed by atoms with van der Waals surface area (Å²) in [5.74, 6) is 0. The summed E-state index contributed by atoms with van der Waals surface area (Å²) in [5, 5.41) is 10.1. The number of halogens is 1. The van der Waals surface area contributed by atoms with E-state index >= 15 is 0 Å². The quantitative estimate of drug-likeness (QED) is 0.852. The summed E-state index contributed by atoms with van der Waals surface area (Å²) in [6, 6.07) is 5.67. The highest BCUT2D eigenvalue weighted by Crippen LogP contribution is 2.36. The first-order valence-corrected chi connectivity index (χ1v) is 5.64. The SMILES string of the molecule is O=Cc1sc2c(CO)cccc2c1Br. The fourth-order valence-corrected chi connectivity index (χ4v) is 3.18. The predicted molar refractivity (Wildman–Crippen MR) is 60.8 cm³/mol. The van der Waals surface area contributed by atoms with Crippen molar-refractivity contribution in [2.45, 2.75) is 6.61 Å². The first kappa shape index (κ1) is 9.83. The lowest BCUT2D eigenvalue weighted by Crippen LogP contribution is -1.80. The zero-order valence-electron chi connectivity index (χ0n) is 7.16. The Morgan fingerprint density at radius 1 is 1.50 bits per heavy atom. The maximum atomic E-state index is 10.7. The number of thiophene rings is 1. The zero-order valence-corrected chi connectivity index (χ0v) is 9.56. The van der Waals surface area contributed by atoms with Gasteiger partial charge in [0, 0.05) is 14.6 Å². The Bertz CT molecular complexity index is 490. The number of hydrogen-bond acceptors (Lipinski definition) is 3. The number of aliphatic hydroxyl groups excluding tert-OH is 1. The van der Waals surface area contributed by atoms with Crippen LogP contribution in [0.4, 0.5) is 0 Å². The van der Waals surface area contributed by atoms with Crippen molar-refractivity contribution < 1.29 is 9.90 Å². The van der Waals surface area contributed by atoms with Crippen LogP contribution in [0.15, 0.2) is 22.7 Å². The molecule has 0 saturated heterocycles. The van der Waals surface area contributed by atoms with Gasteiger partial charge in [0.15, 0.2) is 6.29 Å². The van der Waals surface area contributed by atoms with Crippen molar-refractivity contribution in [2.24, 2.45) is 0 Å². The minimum Gasteiger partial charge on any atom is -0.392 e. The van der Waals surface area contributed by atoms with Crippen LogP contribution in [0.2, 0.25) is 0 Å². The molecule has 1 heterocycles. The van der Waals surface area contributed by atoms with E-state index < -0.39 is 0 Å². The molecule has 0 spiro atoms. The van der Waals surface area contributed by atoms with Crippen LogP contribution in [0.1, 0.15) is 15.2 Å². The molecule has 1 N–H and O–H groups in total. The molecule has 1 aromatic heterocycles. The van der Waals surface area contributed by atoms with Crippen molar-refractivity contribution in [3.05, 3.63) is 33.1 Å². The Labute approximate surface area is 93.3 Å². The van der Waals surface area contributed by atoms with Crippen molar-refractivity contribution in [1.29, 1.82) is 0 Å². The Kier molecular flexibility index (Phi) is 2.67. The highest BCUT2D eigenvalue weighted by Gasteiger charge is 2.10. The van der Waals surface area contributed by atoms with E-state index in [-0.39, 0.29) is 6.61 Å². The van der Waals surface area contributed by atoms with Gasteiger partial charge in [0.1, 0.15) is 0 Å². The summed E-state index contributed by atoms with van der Waals surface area (Å²) in [7, 11) is 0. The van der Waals surface area contributed by atoms with Crippen LogP contribution in [0, 0.1) is 0 Å². The number of benzene rings is 1. The zero-order chi connectivity index (χ0) is 10.1. The lowest BCUT2D eigenvalue weighted by atomic mass is 10.2. The van der Waals surface area contributed by atoms with Gasteiger partial charge >= 0.3 is 0 Å². The van der Waals surface area contributed by atoms with Crippen molar-refractivity contribution in [3.63, 3.8) is 0 Å². The van der Waals surface area contributed by atoms with Crippen molar-refractivity contribution >= 4 is 43.6 Å². The number of fused-ring (bicyclic) bond motifs is 1. The largest absolute Gasteiger partial charge is 0.392 e. The van der Waals surface area contributed by atoms with Crippen LogP contribution >= 0.6 is 27.3 Å². The maximum absolute atomic E-state index is 10.7. The molecule has 2 rings (SSSR count). The second kappa shape index (κ2) is 3.81. The van der Waals surface area contributed by atoms with Crippen LogP contribution in [-0.4, -0.2) is 11.4 Å². The highest BCUT2D eigenvalue weighted by atomic mass is 79.9. The van der Waals surface area contributed by atoms with E-state index in [0.717, 1.165) is 26.4 Å². The molecule has 4 heteroatoms. The number of rotatable bonds is 2. The smallest absolute Gasteiger partial charge is 0.161 e. The van der Waals surface area contributed by atoms with Crippen LogP contribution in [0.5, 0.6) is 0 Å². The van der Waals surface area contributed by atoms with Gasteiger partial charge in [0.05, 0.1) is 11.5 Å². The van der Waals surface area contributed by atoms with Crippen molar-refractivity contribution in [2.75, 3.05) is 0 Å². The van der Waals surface area contributed by atoms with E-state index in [9.17, 15) is 4.79 Å². The summed E-state index contributed by atoms with van der Waals surface area (Å²) in [5.41, 5.74) is 0.862. The van der Waals surface area contributed by atoms with E-state index in [4.69, 9.17) is 5.11 Å². The molecule has 0 aliphatic heterocycles. The van der Waals surface area contributed by atoms with Gasteiger partial charge in [-0.05, 0) is 21.5 Å². The summed E-state index contributed by atoms with van der Waals surface area (Å²) < 4.78 is 1.80. The molecule has 0 atom stereocenters. The molecule has 1 aromatic carbocycles. The first-order chi connectivity index (χ1) is 6.77. The molecule has 0 bridgehead atoms. The van der Waals surface area contributed by atoms with Crippen LogP contribution in [0.25, 0.3) is 10.1 Å². The fraction of sp³-hybridized carbons (Fsp3) is 0.100. The summed E-state index contributed by atoms with van der Waals surface area (Å²) in [6.07, 6.45) is 0.829. The number of carbonyl (C=O) groups is 1. The number of aldehydes is 1. The van der Waals surface area contributed by atoms with Crippen LogP contribution in [0.3, 0.4) is 0 Å². The van der Waals surface area contributed by atoms with Gasteiger partial charge in [-0.15, -0.1) is 11.3 Å². The number of aliphatic hydroxyl groups is 1. The Balaban J connectivity index is 2.83. The average molecular weight is 271 g/mol. The van der Waals surface area contributed by atoms with Crippen LogP contribution in [-0.2, 0) is 6.61 Å². The molecule has 0 fully saturated rings. The van der Waals surface area contributed by atoms with E-state index in [2.05, 4.69) is 15.9 Å². The monoisotopic (exact) mass is 270 g/mol. The third-order valence-corrected chi connectivity index (χ3v) is 4.36. The van der Waals surface area contributed by atoms with Gasteiger partial charge in [-0.25, -0.2) is 0 Å². The molecule has 72 valence electrons. The molecular formula is C10H7BrO2S. The number of carbonyl (C=O) groups excluding carboxylic acids is 1. The minimum atomic E-state index is 0.00257. The van der Waals surface area contributed by atoms with Crippen LogP contribution < -0.4 is 0 Å². The molecule has 0 amide bonds. The second-order valence-corrected chi connectivity index (χ2v) is 4.70. The Hall–Kier alpha value is -0.710. The standard InChI is InChI=1S/C10H7BrO2S/c11-9-7-3-1-2-6(4-12)10(7)14-8(9)5-13/h1-3,5,12H,4H2.